The second kappa shape index (κ2) is 10.1. The molecule has 1 aromatic rings. The molecule has 148 valence electrons. The molecular weight excluding hydrogens is 488 g/mol. The Labute approximate surface area is 177 Å². The molecule has 0 saturated carbocycles. The average molecular weight is 515 g/mol. The Morgan fingerprint density at radius 2 is 2.00 bits per heavy atom. The summed E-state index contributed by atoms with van der Waals surface area (Å²) < 4.78 is 36.3. The lowest BCUT2D eigenvalue weighted by Gasteiger charge is -2.39. The lowest BCUT2D eigenvalue weighted by molar-refractivity contribution is 0.353. The normalized spacial score (nSPS) is 18.9. The van der Waals surface area contributed by atoms with Crippen LogP contribution in [-0.4, -0.2) is 62.2 Å². The van der Waals surface area contributed by atoms with E-state index in [0.717, 1.165) is 29.6 Å². The van der Waals surface area contributed by atoms with E-state index in [9.17, 15) is 12.8 Å². The molecule has 0 bridgehead atoms. The van der Waals surface area contributed by atoms with Gasteiger partial charge in [-0.25, -0.2) is 12.8 Å². The third-order valence-electron chi connectivity index (χ3n) is 4.24. The minimum Gasteiger partial charge on any atom is -0.356 e. The highest BCUT2D eigenvalue weighted by Gasteiger charge is 2.40. The summed E-state index contributed by atoms with van der Waals surface area (Å²) in [6, 6.07) is 6.49. The van der Waals surface area contributed by atoms with Crippen LogP contribution in [0.15, 0.2) is 34.2 Å². The fourth-order valence-corrected chi connectivity index (χ4v) is 4.87. The number of rotatable bonds is 5. The first-order valence-corrected chi connectivity index (χ1v) is 11.0. The van der Waals surface area contributed by atoms with Gasteiger partial charge in [-0.1, -0.05) is 0 Å². The van der Waals surface area contributed by atoms with Gasteiger partial charge in [0, 0.05) is 31.6 Å². The molecule has 1 saturated heterocycles. The zero-order valence-electron chi connectivity index (χ0n) is 15.4. The highest BCUT2D eigenvalue weighted by Crippen LogP contribution is 2.23. The van der Waals surface area contributed by atoms with Gasteiger partial charge in [0.2, 0.25) is 0 Å². The quantitative estimate of drug-likeness (QED) is 0.215. The summed E-state index contributed by atoms with van der Waals surface area (Å²) in [6.07, 6.45) is 0.927. The van der Waals surface area contributed by atoms with Crippen molar-refractivity contribution in [3.8, 4) is 0 Å². The van der Waals surface area contributed by atoms with E-state index in [4.69, 9.17) is 0 Å². The molecule has 1 fully saturated rings. The molecule has 0 aromatic heterocycles. The zero-order valence-corrected chi connectivity index (χ0v) is 19.3. The summed E-state index contributed by atoms with van der Waals surface area (Å²) in [5, 5.41) is 3.31. The van der Waals surface area contributed by atoms with E-state index in [2.05, 4.69) is 10.3 Å². The van der Waals surface area contributed by atoms with Gasteiger partial charge in [0.25, 0.3) is 0 Å². The van der Waals surface area contributed by atoms with Crippen LogP contribution >= 0.6 is 35.7 Å². The average Bonchev–Trinajstić information content (AvgIpc) is 2.55. The molecule has 0 unspecified atom stereocenters. The number of halogens is 2. The number of hydrogen-bond donors (Lipinski definition) is 1. The molecule has 2 rings (SSSR count). The first-order chi connectivity index (χ1) is 11.7. The number of sulfone groups is 1. The summed E-state index contributed by atoms with van der Waals surface area (Å²) in [5.74, 6) is 1.59. The smallest absolute Gasteiger partial charge is 0.193 e. The predicted molar refractivity (Wildman–Crippen MR) is 118 cm³/mol. The Morgan fingerprint density at radius 3 is 2.58 bits per heavy atom. The number of nitrogens with one attached hydrogen (secondary N) is 1. The number of nitrogens with zero attached hydrogens (tertiary/aromatic N) is 2. The van der Waals surface area contributed by atoms with Gasteiger partial charge in [0.15, 0.2) is 15.8 Å². The molecule has 26 heavy (non-hydrogen) atoms. The van der Waals surface area contributed by atoms with E-state index in [1.807, 2.05) is 4.90 Å². The molecule has 0 atom stereocenters. The summed E-state index contributed by atoms with van der Waals surface area (Å²) >= 11 is 1.68. The number of thioether (sulfide) groups is 1. The molecule has 1 N–H and O–H groups in total. The minimum absolute atomic E-state index is 0. The van der Waals surface area contributed by atoms with Crippen LogP contribution in [-0.2, 0) is 9.84 Å². The van der Waals surface area contributed by atoms with Gasteiger partial charge in [0.05, 0.1) is 10.5 Å². The lowest BCUT2D eigenvalue weighted by atomic mass is 10.2. The molecule has 1 aliphatic rings. The molecule has 1 heterocycles. The predicted octanol–water partition coefficient (Wildman–Crippen LogP) is 3.01. The van der Waals surface area contributed by atoms with Crippen molar-refractivity contribution in [1.82, 2.24) is 10.2 Å². The minimum atomic E-state index is -3.05. The van der Waals surface area contributed by atoms with Gasteiger partial charge in [-0.2, -0.15) is 0 Å². The Morgan fingerprint density at radius 1 is 1.35 bits per heavy atom. The number of benzene rings is 1. The highest BCUT2D eigenvalue weighted by atomic mass is 127. The van der Waals surface area contributed by atoms with Gasteiger partial charge in [0.1, 0.15) is 5.82 Å². The van der Waals surface area contributed by atoms with Crippen LogP contribution < -0.4 is 5.32 Å². The van der Waals surface area contributed by atoms with Gasteiger partial charge in [-0.3, -0.25) is 4.99 Å². The first-order valence-electron chi connectivity index (χ1n) is 8.31. The summed E-state index contributed by atoms with van der Waals surface area (Å²) in [5.41, 5.74) is 0. The van der Waals surface area contributed by atoms with Gasteiger partial charge < -0.3 is 10.2 Å². The molecule has 0 aliphatic carbocycles. The Bertz CT molecular complexity index is 709. The standard InChI is InChI=1S/C17H26FN3O2S2.HI/c1-17(2)13-21(10-12-25(17,22)23)16(19-3)20-9-4-11-24-15-7-5-14(18)6-8-15;/h5-8H,4,9-13H2,1-3H3,(H,19,20);1H. The number of hydrogen-bond acceptors (Lipinski definition) is 4. The van der Waals surface area contributed by atoms with Gasteiger partial charge >= 0.3 is 0 Å². The van der Waals surface area contributed by atoms with Crippen LogP contribution in [0, 0.1) is 5.82 Å². The van der Waals surface area contributed by atoms with Crippen LogP contribution in [0.5, 0.6) is 0 Å². The fourth-order valence-electron chi connectivity index (χ4n) is 2.65. The third-order valence-corrected chi connectivity index (χ3v) is 7.87. The monoisotopic (exact) mass is 515 g/mol. The van der Waals surface area contributed by atoms with Crippen molar-refractivity contribution in [1.29, 1.82) is 0 Å². The van der Waals surface area contributed by atoms with Crippen molar-refractivity contribution in [2.45, 2.75) is 29.9 Å². The van der Waals surface area contributed by atoms with Crippen LogP contribution in [0.3, 0.4) is 0 Å². The summed E-state index contributed by atoms with van der Waals surface area (Å²) in [4.78, 5) is 7.34. The van der Waals surface area contributed by atoms with Crippen molar-refractivity contribution in [2.24, 2.45) is 4.99 Å². The molecule has 9 heteroatoms. The number of aliphatic imine (C=N–C) groups is 1. The third kappa shape index (κ3) is 6.26. The van der Waals surface area contributed by atoms with Gasteiger partial charge in [-0.05, 0) is 50.3 Å². The van der Waals surface area contributed by atoms with Crippen molar-refractivity contribution in [3.63, 3.8) is 0 Å². The van der Waals surface area contributed by atoms with Crippen LogP contribution in [0.2, 0.25) is 0 Å². The number of guanidine groups is 1. The molecule has 1 aromatic carbocycles. The maximum absolute atomic E-state index is 12.9. The summed E-state index contributed by atoms with van der Waals surface area (Å²) in [6.45, 7) is 5.20. The molecule has 5 nitrogen and oxygen atoms in total. The zero-order chi connectivity index (χ0) is 18.5. The van der Waals surface area contributed by atoms with Crippen LogP contribution in [0.25, 0.3) is 0 Å². The van der Waals surface area contributed by atoms with E-state index in [-0.39, 0.29) is 35.5 Å². The summed E-state index contributed by atoms with van der Waals surface area (Å²) in [7, 11) is -1.34. The largest absolute Gasteiger partial charge is 0.356 e. The lowest BCUT2D eigenvalue weighted by Crippen LogP contribution is -2.57. The van der Waals surface area contributed by atoms with E-state index in [0.29, 0.717) is 13.1 Å². The Balaban J connectivity index is 0.00000338. The molecule has 1 aliphatic heterocycles. The Hall–Kier alpha value is -0.550. The second-order valence-corrected chi connectivity index (χ2v) is 10.5. The van der Waals surface area contributed by atoms with Gasteiger partial charge in [-0.15, -0.1) is 35.7 Å². The highest BCUT2D eigenvalue weighted by molar-refractivity contribution is 14.0. The maximum Gasteiger partial charge on any atom is 0.193 e. The SMILES string of the molecule is CN=C(NCCCSc1ccc(F)cc1)N1CCS(=O)(=O)C(C)(C)C1.I. The Kier molecular flexibility index (Phi) is 9.14. The second-order valence-electron chi connectivity index (χ2n) is 6.63. The molecule has 0 amide bonds. The fraction of sp³-hybridized carbons (Fsp3) is 0.588. The van der Waals surface area contributed by atoms with Crippen molar-refractivity contribution >= 4 is 51.5 Å². The van der Waals surface area contributed by atoms with E-state index in [1.54, 1.807) is 44.8 Å². The van der Waals surface area contributed by atoms with Crippen molar-refractivity contribution in [3.05, 3.63) is 30.1 Å². The topological polar surface area (TPSA) is 61.8 Å². The van der Waals surface area contributed by atoms with E-state index >= 15 is 0 Å². The van der Waals surface area contributed by atoms with Crippen molar-refractivity contribution < 1.29 is 12.8 Å². The van der Waals surface area contributed by atoms with E-state index < -0.39 is 14.6 Å². The van der Waals surface area contributed by atoms with E-state index in [1.165, 1.54) is 12.1 Å². The van der Waals surface area contributed by atoms with Crippen LogP contribution in [0.1, 0.15) is 20.3 Å². The first kappa shape index (κ1) is 23.5. The van der Waals surface area contributed by atoms with Crippen molar-refractivity contribution in [2.75, 3.05) is 38.2 Å². The molecule has 0 radical (unpaired) electrons. The molecular formula is C17H27FIN3O2S2. The molecule has 0 spiro atoms. The maximum atomic E-state index is 12.9. The van der Waals surface area contributed by atoms with Crippen LogP contribution in [0.4, 0.5) is 4.39 Å².